The summed E-state index contributed by atoms with van der Waals surface area (Å²) >= 11 is 0. The highest BCUT2D eigenvalue weighted by atomic mass is 16.6. The average molecular weight is 164 g/mol. The second-order valence-electron chi connectivity index (χ2n) is 2.94. The first-order chi connectivity index (χ1) is 5.92. The van der Waals surface area contributed by atoms with Crippen LogP contribution in [0, 0.1) is 0 Å². The van der Waals surface area contributed by atoms with Crippen LogP contribution in [0.1, 0.15) is 11.7 Å². The Kier molecular flexibility index (Phi) is 2.11. The van der Waals surface area contributed by atoms with Crippen molar-refractivity contribution in [3.05, 3.63) is 35.9 Å². The number of epoxide rings is 1. The van der Waals surface area contributed by atoms with Gasteiger partial charge in [0, 0.05) is 7.11 Å². The Morgan fingerprint density at radius 3 is 2.58 bits per heavy atom. The van der Waals surface area contributed by atoms with E-state index in [1.807, 2.05) is 18.2 Å². The molecule has 2 heteroatoms. The molecule has 0 aromatic heterocycles. The number of ether oxygens (including phenoxy) is 2. The lowest BCUT2D eigenvalue weighted by molar-refractivity contribution is 0.0761. The number of rotatable bonds is 3. The Bertz CT molecular complexity index is 241. The summed E-state index contributed by atoms with van der Waals surface area (Å²) in [4.78, 5) is 0. The molecular weight excluding hydrogens is 152 g/mol. The van der Waals surface area contributed by atoms with E-state index in [0.29, 0.717) is 0 Å². The molecule has 0 saturated carbocycles. The monoisotopic (exact) mass is 164 g/mol. The highest BCUT2D eigenvalue weighted by Crippen LogP contribution is 2.29. The van der Waals surface area contributed by atoms with Crippen molar-refractivity contribution >= 4 is 0 Å². The summed E-state index contributed by atoms with van der Waals surface area (Å²) in [6, 6.07) is 10.2. The molecule has 12 heavy (non-hydrogen) atoms. The molecule has 0 amide bonds. The molecule has 0 radical (unpaired) electrons. The van der Waals surface area contributed by atoms with Gasteiger partial charge in [-0.1, -0.05) is 30.3 Å². The molecule has 2 rings (SSSR count). The van der Waals surface area contributed by atoms with Gasteiger partial charge in [0.05, 0.1) is 6.61 Å². The fourth-order valence-electron chi connectivity index (χ4n) is 1.38. The molecule has 1 aliphatic heterocycles. The van der Waals surface area contributed by atoms with Crippen LogP contribution in [0.4, 0.5) is 0 Å². The average Bonchev–Trinajstić information content (AvgIpc) is 2.92. The molecule has 1 aliphatic rings. The number of hydrogen-bond donors (Lipinski definition) is 0. The van der Waals surface area contributed by atoms with Crippen molar-refractivity contribution < 1.29 is 9.47 Å². The van der Waals surface area contributed by atoms with Gasteiger partial charge in [0.1, 0.15) is 12.2 Å². The van der Waals surface area contributed by atoms with Gasteiger partial charge < -0.3 is 9.47 Å². The lowest BCUT2D eigenvalue weighted by Gasteiger charge is -2.11. The molecule has 0 aliphatic carbocycles. The minimum atomic E-state index is 0.117. The predicted molar refractivity (Wildman–Crippen MR) is 45.9 cm³/mol. The first-order valence-electron chi connectivity index (χ1n) is 4.11. The minimum Gasteiger partial charge on any atom is -0.374 e. The van der Waals surface area contributed by atoms with Crippen LogP contribution in [0.5, 0.6) is 0 Å². The summed E-state index contributed by atoms with van der Waals surface area (Å²) in [6.07, 6.45) is 0.392. The van der Waals surface area contributed by atoms with Crippen LogP contribution in [0.15, 0.2) is 30.3 Å². The van der Waals surface area contributed by atoms with Gasteiger partial charge in [-0.2, -0.15) is 0 Å². The van der Waals surface area contributed by atoms with E-state index in [2.05, 4.69) is 12.1 Å². The van der Waals surface area contributed by atoms with Crippen molar-refractivity contribution in [1.29, 1.82) is 0 Å². The Hall–Kier alpha value is -0.860. The molecule has 1 fully saturated rings. The minimum absolute atomic E-state index is 0.117. The highest BCUT2D eigenvalue weighted by molar-refractivity contribution is 5.19. The Morgan fingerprint density at radius 1 is 1.42 bits per heavy atom. The van der Waals surface area contributed by atoms with E-state index in [4.69, 9.17) is 9.47 Å². The van der Waals surface area contributed by atoms with Gasteiger partial charge in [-0.15, -0.1) is 0 Å². The van der Waals surface area contributed by atoms with Gasteiger partial charge in [-0.05, 0) is 5.56 Å². The van der Waals surface area contributed by atoms with Gasteiger partial charge >= 0.3 is 0 Å². The summed E-state index contributed by atoms with van der Waals surface area (Å²) < 4.78 is 10.5. The van der Waals surface area contributed by atoms with Crippen molar-refractivity contribution in [2.75, 3.05) is 13.7 Å². The van der Waals surface area contributed by atoms with Gasteiger partial charge in [-0.25, -0.2) is 0 Å². The first kappa shape index (κ1) is 7.77. The van der Waals surface area contributed by atoms with E-state index in [-0.39, 0.29) is 12.2 Å². The van der Waals surface area contributed by atoms with Crippen LogP contribution in [0.2, 0.25) is 0 Å². The second-order valence-corrected chi connectivity index (χ2v) is 2.94. The topological polar surface area (TPSA) is 21.8 Å². The maximum atomic E-state index is 5.34. The number of benzene rings is 1. The van der Waals surface area contributed by atoms with Crippen molar-refractivity contribution in [2.45, 2.75) is 12.2 Å². The van der Waals surface area contributed by atoms with E-state index in [9.17, 15) is 0 Å². The second kappa shape index (κ2) is 3.25. The lowest BCUT2D eigenvalue weighted by atomic mass is 10.1. The van der Waals surface area contributed by atoms with Gasteiger partial charge in [0.2, 0.25) is 0 Å². The molecule has 1 aromatic rings. The summed E-state index contributed by atoms with van der Waals surface area (Å²) in [7, 11) is 1.72. The van der Waals surface area contributed by atoms with E-state index in [1.165, 1.54) is 5.56 Å². The van der Waals surface area contributed by atoms with E-state index in [0.717, 1.165) is 6.61 Å². The number of methoxy groups -OCH3 is 1. The molecule has 1 heterocycles. The zero-order valence-corrected chi connectivity index (χ0v) is 7.07. The fraction of sp³-hybridized carbons (Fsp3) is 0.400. The molecule has 0 spiro atoms. The molecule has 2 atom stereocenters. The summed E-state index contributed by atoms with van der Waals surface area (Å²) in [5.74, 6) is 0. The third-order valence-corrected chi connectivity index (χ3v) is 2.08. The summed E-state index contributed by atoms with van der Waals surface area (Å²) in [5, 5.41) is 0. The normalized spacial score (nSPS) is 23.6. The molecule has 0 N–H and O–H groups in total. The smallest absolute Gasteiger partial charge is 0.111 e. The van der Waals surface area contributed by atoms with E-state index < -0.39 is 0 Å². The fourth-order valence-corrected chi connectivity index (χ4v) is 1.38. The van der Waals surface area contributed by atoms with Crippen LogP contribution >= 0.6 is 0 Å². The van der Waals surface area contributed by atoms with Crippen LogP contribution in [-0.4, -0.2) is 19.8 Å². The maximum absolute atomic E-state index is 5.34. The van der Waals surface area contributed by atoms with Crippen molar-refractivity contribution in [1.82, 2.24) is 0 Å². The van der Waals surface area contributed by atoms with Crippen LogP contribution in [-0.2, 0) is 9.47 Å². The van der Waals surface area contributed by atoms with Gasteiger partial charge in [0.25, 0.3) is 0 Å². The van der Waals surface area contributed by atoms with Crippen LogP contribution in [0.25, 0.3) is 0 Å². The van der Waals surface area contributed by atoms with Crippen molar-refractivity contribution in [3.63, 3.8) is 0 Å². The van der Waals surface area contributed by atoms with E-state index >= 15 is 0 Å². The Morgan fingerprint density at radius 2 is 2.08 bits per heavy atom. The predicted octanol–water partition coefficient (Wildman–Crippen LogP) is 1.77. The number of hydrogen-bond acceptors (Lipinski definition) is 2. The summed E-state index contributed by atoms with van der Waals surface area (Å²) in [5.41, 5.74) is 1.20. The Balaban J connectivity index is 2.15. The zero-order chi connectivity index (χ0) is 8.39. The molecule has 1 aromatic carbocycles. The molecule has 0 bridgehead atoms. The third-order valence-electron chi connectivity index (χ3n) is 2.08. The molecule has 64 valence electrons. The van der Waals surface area contributed by atoms with E-state index in [1.54, 1.807) is 7.11 Å². The third kappa shape index (κ3) is 1.49. The van der Waals surface area contributed by atoms with Crippen LogP contribution in [0.3, 0.4) is 0 Å². The summed E-state index contributed by atoms with van der Waals surface area (Å²) in [6.45, 7) is 0.827. The van der Waals surface area contributed by atoms with Gasteiger partial charge in [0.15, 0.2) is 0 Å². The SMILES string of the molecule is CO[C@H](c1ccccc1)[C@@H]1CO1. The molecule has 2 nitrogen and oxygen atoms in total. The molecule has 0 unspecified atom stereocenters. The first-order valence-corrected chi connectivity index (χ1v) is 4.11. The largest absolute Gasteiger partial charge is 0.374 e. The standard InChI is InChI=1S/C10H12O2/c1-11-10(9-7-12-9)8-5-3-2-4-6-8/h2-6,9-10H,7H2,1H3/t9-,10+/m0/s1. The van der Waals surface area contributed by atoms with Crippen molar-refractivity contribution in [3.8, 4) is 0 Å². The molecular formula is C10H12O2. The quantitative estimate of drug-likeness (QED) is 0.635. The van der Waals surface area contributed by atoms with Gasteiger partial charge in [-0.3, -0.25) is 0 Å². The van der Waals surface area contributed by atoms with Crippen LogP contribution < -0.4 is 0 Å². The Labute approximate surface area is 72.1 Å². The molecule has 1 saturated heterocycles. The van der Waals surface area contributed by atoms with Crippen molar-refractivity contribution in [2.24, 2.45) is 0 Å². The highest BCUT2D eigenvalue weighted by Gasteiger charge is 2.33. The maximum Gasteiger partial charge on any atom is 0.111 e. The lowest BCUT2D eigenvalue weighted by Crippen LogP contribution is -2.07. The zero-order valence-electron chi connectivity index (χ0n) is 7.07.